The predicted octanol–water partition coefficient (Wildman–Crippen LogP) is 4.98. The number of carbonyl (C=O) groups is 1. The highest BCUT2D eigenvalue weighted by Gasteiger charge is 2.18. The van der Waals surface area contributed by atoms with E-state index in [1.807, 2.05) is 0 Å². The summed E-state index contributed by atoms with van der Waals surface area (Å²) < 4.78 is 26.0. The molecular formula is C25H27ClN2O3S. The molecule has 3 aromatic carbocycles. The molecule has 0 aromatic heterocycles. The zero-order valence-electron chi connectivity index (χ0n) is 18.2. The summed E-state index contributed by atoms with van der Waals surface area (Å²) in [7, 11) is -3.51. The molecule has 1 N–H and O–H groups in total. The Kier molecular flexibility index (Phi) is 7.94. The standard InChI is InChI=1S/C25H27ClN2O3S/c1-19-5-7-20(8-6-19)4-3-17-27-25(29)22-11-15-24(16-12-22)28(32(2,30)31)18-21-9-13-23(26)14-10-21/h5-16H,3-4,17-18H2,1-2H3,(H,27,29). The van der Waals surface area contributed by atoms with Gasteiger partial charge in [0.15, 0.2) is 0 Å². The fourth-order valence-electron chi connectivity index (χ4n) is 3.29. The predicted molar refractivity (Wildman–Crippen MR) is 131 cm³/mol. The first kappa shape index (κ1) is 23.8. The molecule has 0 unspecified atom stereocenters. The molecule has 7 heteroatoms. The van der Waals surface area contributed by atoms with E-state index < -0.39 is 10.0 Å². The minimum Gasteiger partial charge on any atom is -0.352 e. The molecule has 5 nitrogen and oxygen atoms in total. The smallest absolute Gasteiger partial charge is 0.251 e. The summed E-state index contributed by atoms with van der Waals surface area (Å²) in [6.07, 6.45) is 2.90. The topological polar surface area (TPSA) is 66.5 Å². The lowest BCUT2D eigenvalue weighted by atomic mass is 10.1. The molecule has 0 aliphatic carbocycles. The molecule has 0 heterocycles. The van der Waals surface area contributed by atoms with Gasteiger partial charge >= 0.3 is 0 Å². The number of rotatable bonds is 9. The molecular weight excluding hydrogens is 444 g/mol. The second-order valence-corrected chi connectivity index (χ2v) is 10.1. The Morgan fingerprint density at radius 3 is 2.09 bits per heavy atom. The molecule has 3 rings (SSSR count). The fourth-order valence-corrected chi connectivity index (χ4v) is 4.30. The average Bonchev–Trinajstić information content (AvgIpc) is 2.77. The Bertz CT molecular complexity index is 1140. The molecule has 32 heavy (non-hydrogen) atoms. The highest BCUT2D eigenvalue weighted by atomic mass is 35.5. The van der Waals surface area contributed by atoms with Crippen molar-refractivity contribution in [2.45, 2.75) is 26.3 Å². The van der Waals surface area contributed by atoms with Crippen molar-refractivity contribution in [3.05, 3.63) is 100 Å². The Morgan fingerprint density at radius 1 is 0.906 bits per heavy atom. The van der Waals surface area contributed by atoms with Gasteiger partial charge in [0.05, 0.1) is 18.5 Å². The highest BCUT2D eigenvalue weighted by Crippen LogP contribution is 2.22. The van der Waals surface area contributed by atoms with Gasteiger partial charge in [-0.3, -0.25) is 9.10 Å². The lowest BCUT2D eigenvalue weighted by molar-refractivity contribution is 0.0953. The van der Waals surface area contributed by atoms with Crippen LogP contribution in [0.5, 0.6) is 0 Å². The van der Waals surface area contributed by atoms with Gasteiger partial charge in [-0.05, 0) is 67.3 Å². The average molecular weight is 471 g/mol. The van der Waals surface area contributed by atoms with E-state index in [9.17, 15) is 13.2 Å². The molecule has 0 saturated carbocycles. The number of amides is 1. The molecule has 1 amide bonds. The van der Waals surface area contributed by atoms with Crippen molar-refractivity contribution in [2.24, 2.45) is 0 Å². The van der Waals surface area contributed by atoms with Gasteiger partial charge in [0, 0.05) is 17.1 Å². The SMILES string of the molecule is Cc1ccc(CCCNC(=O)c2ccc(N(Cc3ccc(Cl)cc3)S(C)(=O)=O)cc2)cc1. The number of carbonyl (C=O) groups excluding carboxylic acids is 1. The third-order valence-electron chi connectivity index (χ3n) is 5.11. The van der Waals surface area contributed by atoms with Crippen molar-refractivity contribution in [2.75, 3.05) is 17.1 Å². The zero-order chi connectivity index (χ0) is 23.1. The number of anilines is 1. The molecule has 3 aromatic rings. The number of aryl methyl sites for hydroxylation is 2. The lowest BCUT2D eigenvalue weighted by Gasteiger charge is -2.23. The molecule has 0 aliphatic rings. The molecule has 0 atom stereocenters. The first-order valence-corrected chi connectivity index (χ1v) is 12.6. The van der Waals surface area contributed by atoms with Gasteiger partial charge in [-0.15, -0.1) is 0 Å². The summed E-state index contributed by atoms with van der Waals surface area (Å²) >= 11 is 5.91. The van der Waals surface area contributed by atoms with Gasteiger partial charge in [-0.1, -0.05) is 53.6 Å². The molecule has 0 radical (unpaired) electrons. The van der Waals surface area contributed by atoms with Gasteiger partial charge < -0.3 is 5.32 Å². The summed E-state index contributed by atoms with van der Waals surface area (Å²) in [6, 6.07) is 22.0. The van der Waals surface area contributed by atoms with Gasteiger partial charge in [-0.25, -0.2) is 8.42 Å². The van der Waals surface area contributed by atoms with Gasteiger partial charge in [0.25, 0.3) is 5.91 Å². The Labute approximate surface area is 195 Å². The monoisotopic (exact) mass is 470 g/mol. The van der Waals surface area contributed by atoms with Crippen LogP contribution in [0.1, 0.15) is 33.5 Å². The van der Waals surface area contributed by atoms with Crippen LogP contribution in [0.3, 0.4) is 0 Å². The van der Waals surface area contributed by atoms with Crippen LogP contribution >= 0.6 is 11.6 Å². The Hall–Kier alpha value is -2.83. The molecule has 0 fully saturated rings. The molecule has 0 bridgehead atoms. The second-order valence-electron chi connectivity index (χ2n) is 7.79. The first-order valence-electron chi connectivity index (χ1n) is 10.4. The van der Waals surface area contributed by atoms with Crippen molar-refractivity contribution >= 4 is 33.2 Å². The lowest BCUT2D eigenvalue weighted by Crippen LogP contribution is -2.29. The number of halogens is 1. The van der Waals surface area contributed by atoms with Crippen molar-refractivity contribution in [3.63, 3.8) is 0 Å². The normalized spacial score (nSPS) is 11.2. The number of nitrogens with zero attached hydrogens (tertiary/aromatic N) is 1. The summed E-state index contributed by atoms with van der Waals surface area (Å²) in [5.41, 5.74) is 4.28. The maximum absolute atomic E-state index is 12.4. The van der Waals surface area contributed by atoms with Crippen LogP contribution in [0.25, 0.3) is 0 Å². The Balaban J connectivity index is 1.59. The summed E-state index contributed by atoms with van der Waals surface area (Å²) in [5, 5.41) is 3.51. The van der Waals surface area contributed by atoms with E-state index in [1.165, 1.54) is 15.4 Å². The van der Waals surface area contributed by atoms with E-state index in [-0.39, 0.29) is 12.5 Å². The maximum Gasteiger partial charge on any atom is 0.251 e. The molecule has 0 saturated heterocycles. The second kappa shape index (κ2) is 10.7. The van der Waals surface area contributed by atoms with Gasteiger partial charge in [-0.2, -0.15) is 0 Å². The minimum atomic E-state index is -3.51. The number of benzene rings is 3. The zero-order valence-corrected chi connectivity index (χ0v) is 19.8. The minimum absolute atomic E-state index is 0.177. The van der Waals surface area contributed by atoms with E-state index in [0.717, 1.165) is 24.7 Å². The van der Waals surface area contributed by atoms with Crippen LogP contribution < -0.4 is 9.62 Å². The fraction of sp³-hybridized carbons (Fsp3) is 0.240. The van der Waals surface area contributed by atoms with Gasteiger partial charge in [0.1, 0.15) is 0 Å². The van der Waals surface area contributed by atoms with Crippen LogP contribution in [0, 0.1) is 6.92 Å². The van der Waals surface area contributed by atoms with Crippen molar-refractivity contribution in [1.82, 2.24) is 5.32 Å². The van der Waals surface area contributed by atoms with E-state index in [2.05, 4.69) is 36.5 Å². The molecule has 168 valence electrons. The van der Waals surface area contributed by atoms with E-state index in [4.69, 9.17) is 11.6 Å². The summed E-state index contributed by atoms with van der Waals surface area (Å²) in [4.78, 5) is 12.4. The third kappa shape index (κ3) is 6.84. The number of hydrogen-bond acceptors (Lipinski definition) is 3. The third-order valence-corrected chi connectivity index (χ3v) is 6.50. The molecule has 0 spiro atoms. The van der Waals surface area contributed by atoms with Crippen LogP contribution in [0.2, 0.25) is 5.02 Å². The van der Waals surface area contributed by atoms with Crippen molar-refractivity contribution in [3.8, 4) is 0 Å². The first-order chi connectivity index (χ1) is 15.2. The van der Waals surface area contributed by atoms with Crippen molar-refractivity contribution < 1.29 is 13.2 Å². The van der Waals surface area contributed by atoms with E-state index >= 15 is 0 Å². The van der Waals surface area contributed by atoms with E-state index in [0.29, 0.717) is 22.8 Å². The Morgan fingerprint density at radius 2 is 1.50 bits per heavy atom. The van der Waals surface area contributed by atoms with Crippen LogP contribution in [0.15, 0.2) is 72.8 Å². The summed E-state index contributed by atoms with van der Waals surface area (Å²) in [6.45, 7) is 2.81. The quantitative estimate of drug-likeness (QED) is 0.448. The number of hydrogen-bond donors (Lipinski definition) is 1. The summed E-state index contributed by atoms with van der Waals surface area (Å²) in [5.74, 6) is -0.177. The van der Waals surface area contributed by atoms with Crippen molar-refractivity contribution in [1.29, 1.82) is 0 Å². The van der Waals surface area contributed by atoms with Crippen LogP contribution in [-0.4, -0.2) is 27.1 Å². The maximum atomic E-state index is 12.4. The van der Waals surface area contributed by atoms with Crippen LogP contribution in [-0.2, 0) is 23.0 Å². The van der Waals surface area contributed by atoms with E-state index in [1.54, 1.807) is 48.5 Å². The largest absolute Gasteiger partial charge is 0.352 e. The van der Waals surface area contributed by atoms with Gasteiger partial charge in [0.2, 0.25) is 10.0 Å². The highest BCUT2D eigenvalue weighted by molar-refractivity contribution is 7.92. The molecule has 0 aliphatic heterocycles. The number of nitrogens with one attached hydrogen (secondary N) is 1. The van der Waals surface area contributed by atoms with Crippen LogP contribution in [0.4, 0.5) is 5.69 Å². The number of sulfonamides is 1.